The van der Waals surface area contributed by atoms with Crippen molar-refractivity contribution in [1.29, 1.82) is 0 Å². The number of benzene rings is 2. The summed E-state index contributed by atoms with van der Waals surface area (Å²) in [6.07, 6.45) is 3.70. The molecule has 2 aromatic heterocycles. The predicted molar refractivity (Wildman–Crippen MR) is 236 cm³/mol. The van der Waals surface area contributed by atoms with E-state index in [9.17, 15) is 23.1 Å². The van der Waals surface area contributed by atoms with Gasteiger partial charge in [0.2, 0.25) is 27.3 Å². The Bertz CT molecular complexity index is 2410. The number of anilines is 2. The smallest absolute Gasteiger partial charge is 0.356 e. The van der Waals surface area contributed by atoms with Gasteiger partial charge in [0.25, 0.3) is 0 Å². The first-order valence-corrected chi connectivity index (χ1v) is 23.0. The highest BCUT2D eigenvalue weighted by atomic mass is 35.5. The van der Waals surface area contributed by atoms with Gasteiger partial charge in [-0.25, -0.2) is 23.1 Å². The number of fused-ring (bicyclic) bond motifs is 1. The fourth-order valence-corrected chi connectivity index (χ4v) is 10.1. The largest absolute Gasteiger partial charge is 0.494 e. The Hall–Kier alpha value is -4.93. The highest BCUT2D eigenvalue weighted by Crippen LogP contribution is 2.42. The molecule has 0 unspecified atom stereocenters. The van der Waals surface area contributed by atoms with Gasteiger partial charge < -0.3 is 29.7 Å². The number of methoxy groups -OCH3 is 1. The van der Waals surface area contributed by atoms with Crippen molar-refractivity contribution in [3.8, 4) is 22.9 Å². The van der Waals surface area contributed by atoms with E-state index in [0.29, 0.717) is 34.1 Å². The van der Waals surface area contributed by atoms with Gasteiger partial charge in [0.05, 0.1) is 36.7 Å². The zero-order valence-corrected chi connectivity index (χ0v) is 37.1. The maximum absolute atomic E-state index is 15.0. The monoisotopic (exact) mass is 878 g/mol. The number of rotatable bonds is 16. The average Bonchev–Trinajstić information content (AvgIpc) is 4.11. The van der Waals surface area contributed by atoms with Crippen LogP contribution in [0.3, 0.4) is 0 Å². The summed E-state index contributed by atoms with van der Waals surface area (Å²) in [4.78, 5) is 44.8. The van der Waals surface area contributed by atoms with Crippen molar-refractivity contribution in [1.82, 2.24) is 19.6 Å². The third kappa shape index (κ3) is 8.77. The van der Waals surface area contributed by atoms with Gasteiger partial charge in [-0.3, -0.25) is 9.59 Å². The van der Waals surface area contributed by atoms with Crippen LogP contribution in [0.1, 0.15) is 60.3 Å². The first kappa shape index (κ1) is 43.2. The van der Waals surface area contributed by atoms with Crippen molar-refractivity contribution in [3.63, 3.8) is 0 Å². The summed E-state index contributed by atoms with van der Waals surface area (Å²) in [6, 6.07) is 11.7. The van der Waals surface area contributed by atoms with Gasteiger partial charge in [-0.05, 0) is 62.4 Å². The number of nitrogens with one attached hydrogen (secondary N) is 3. The predicted octanol–water partition coefficient (Wildman–Crippen LogP) is 5.33. The molecular formula is C43H53ClN7O7S2+. The maximum Gasteiger partial charge on any atom is 0.356 e. The number of carbonyl (C=O) groups excluding carboxylic acids is 2. The Balaban J connectivity index is 1.20. The van der Waals surface area contributed by atoms with Gasteiger partial charge in [0.15, 0.2) is 11.2 Å². The first-order valence-electron chi connectivity index (χ1n) is 20.2. The molecule has 4 aromatic rings. The van der Waals surface area contributed by atoms with Crippen LogP contribution in [-0.4, -0.2) is 102 Å². The Labute approximate surface area is 360 Å². The van der Waals surface area contributed by atoms with E-state index < -0.39 is 56.2 Å². The number of carbonyl (C=O) groups is 2. The number of amides is 2. The number of aliphatic hydroxyl groups excluding tert-OH is 1. The van der Waals surface area contributed by atoms with E-state index in [1.165, 1.54) is 16.2 Å². The summed E-state index contributed by atoms with van der Waals surface area (Å²) in [7, 11) is -2.33. The van der Waals surface area contributed by atoms with Crippen LogP contribution in [0.15, 0.2) is 66.7 Å². The van der Waals surface area contributed by atoms with Gasteiger partial charge in [-0.15, -0.1) is 17.9 Å². The van der Waals surface area contributed by atoms with E-state index in [1.807, 2.05) is 44.4 Å². The minimum Gasteiger partial charge on any atom is -0.494 e. The summed E-state index contributed by atoms with van der Waals surface area (Å²) in [5, 5.41) is 19.1. The Kier molecular flexibility index (Phi) is 12.1. The third-order valence-corrected chi connectivity index (χ3v) is 14.4. The molecule has 320 valence electrons. The third-order valence-electron chi connectivity index (χ3n) is 11.6. The van der Waals surface area contributed by atoms with Gasteiger partial charge in [-0.2, -0.15) is 4.99 Å². The molecule has 3 heterocycles. The Morgan fingerprint density at radius 1 is 1.17 bits per heavy atom. The van der Waals surface area contributed by atoms with Crippen LogP contribution >= 0.6 is 22.9 Å². The van der Waals surface area contributed by atoms with Crippen molar-refractivity contribution in [2.45, 2.75) is 89.3 Å². The zero-order valence-electron chi connectivity index (χ0n) is 34.7. The summed E-state index contributed by atoms with van der Waals surface area (Å²) in [5.74, 6) is -1.17. The topological polar surface area (TPSA) is 177 Å². The standard InChI is InChI=1S/C43H52ClN7O7S2/c1-8-26-21-43(26,40(54)49-60(55,56)30-16-17-30)48-37(52)34-20-29(58-38-32-19-27(44)13-18-31(32)35(57-7)22-45-38)23-51(34)39(53)36(42(4,5)6)47-41-46-33(24-59-41)25-11-14-28(15-12-25)50(9-2)10-3/h8,11-15,18-19,22,24,26,29-30,34,36H,1,9-10,16-17,20-21,23H2,2-7H3,(H,46,47)(H,48,52)(H,49,54)/p+1/t26-,29-,34+,36-,43-/m1/s1. The number of halogens is 1. The molecule has 3 fully saturated rings. The molecule has 2 amide bonds. The number of sulfonamides is 1. The molecule has 14 nitrogen and oxygen atoms in total. The molecule has 1 saturated heterocycles. The highest BCUT2D eigenvalue weighted by molar-refractivity contribution is 7.91. The first-order chi connectivity index (χ1) is 28.5. The van der Waals surface area contributed by atoms with Gasteiger partial charge >= 0.3 is 11.8 Å². The lowest BCUT2D eigenvalue weighted by atomic mass is 9.85. The minimum absolute atomic E-state index is 0.0431. The van der Waals surface area contributed by atoms with E-state index in [1.54, 1.807) is 31.5 Å². The van der Waals surface area contributed by atoms with Crippen LogP contribution in [0, 0.1) is 11.3 Å². The fraction of sp³-hybridized carbons (Fsp3) is 0.465. The Morgan fingerprint density at radius 3 is 2.50 bits per heavy atom. The summed E-state index contributed by atoms with van der Waals surface area (Å²) < 4.78 is 39.9. The second-order valence-corrected chi connectivity index (χ2v) is 20.0. The molecule has 4 N–H and O–H groups in total. The quantitative estimate of drug-likeness (QED) is 0.0650. The van der Waals surface area contributed by atoms with Crippen LogP contribution in [0.4, 0.5) is 10.8 Å². The number of ether oxygens (including phenoxy) is 2. The minimum atomic E-state index is -3.88. The van der Waals surface area contributed by atoms with E-state index >= 15 is 0 Å². The number of hydrogen-bond donors (Lipinski definition) is 4. The van der Waals surface area contributed by atoms with Crippen molar-refractivity contribution in [2.24, 2.45) is 11.3 Å². The summed E-state index contributed by atoms with van der Waals surface area (Å²) >= 11 is 7.80. The summed E-state index contributed by atoms with van der Waals surface area (Å²) in [5.41, 5.74) is 0.719. The second-order valence-electron chi connectivity index (χ2n) is 16.7. The van der Waals surface area contributed by atoms with Gasteiger partial charge in [0, 0.05) is 58.4 Å². The second kappa shape index (κ2) is 16.8. The number of likely N-dealkylation sites (tertiary alicyclic amines) is 1. The lowest BCUT2D eigenvalue weighted by molar-refractivity contribution is -0.516. The average molecular weight is 880 g/mol. The zero-order chi connectivity index (χ0) is 43.1. The van der Waals surface area contributed by atoms with Crippen molar-refractivity contribution < 1.29 is 37.6 Å². The molecule has 3 aliphatic rings. The number of aromatic nitrogens is 2. The molecule has 0 spiro atoms. The Morgan fingerprint density at radius 2 is 1.88 bits per heavy atom. The lowest BCUT2D eigenvalue weighted by Crippen LogP contribution is -2.88. The lowest BCUT2D eigenvalue weighted by Gasteiger charge is -2.34. The number of aliphatic hydroxyl groups is 1. The fourth-order valence-electron chi connectivity index (χ4n) is 7.83. The molecule has 17 heteroatoms. The van der Waals surface area contributed by atoms with Crippen LogP contribution < -0.4 is 29.4 Å². The van der Waals surface area contributed by atoms with Crippen LogP contribution in [0.2, 0.25) is 5.02 Å². The van der Waals surface area contributed by atoms with Crippen LogP contribution in [0.5, 0.6) is 11.6 Å². The van der Waals surface area contributed by atoms with Crippen molar-refractivity contribution in [3.05, 3.63) is 71.7 Å². The molecule has 5 atom stereocenters. The highest BCUT2D eigenvalue weighted by Gasteiger charge is 2.67. The van der Waals surface area contributed by atoms with Crippen LogP contribution in [0.25, 0.3) is 22.0 Å². The van der Waals surface area contributed by atoms with E-state index in [-0.39, 0.29) is 37.1 Å². The number of hydrogen-bond acceptors (Lipinski definition) is 11. The van der Waals surface area contributed by atoms with E-state index in [4.69, 9.17) is 26.1 Å². The molecule has 0 radical (unpaired) electrons. The van der Waals surface area contributed by atoms with E-state index in [0.717, 1.165) is 35.4 Å². The molecule has 2 aliphatic carbocycles. The van der Waals surface area contributed by atoms with Crippen molar-refractivity contribution in [2.75, 3.05) is 37.0 Å². The number of thiazole rings is 1. The van der Waals surface area contributed by atoms with E-state index in [2.05, 4.69) is 57.5 Å². The number of nitrogens with zero attached hydrogens (tertiary/aromatic N) is 4. The van der Waals surface area contributed by atoms with Crippen LogP contribution in [-0.2, 0) is 19.6 Å². The maximum atomic E-state index is 15.0. The molecule has 7 rings (SSSR count). The molecule has 2 aromatic carbocycles. The normalized spacial score (nSPS) is 22.3. The van der Waals surface area contributed by atoms with Gasteiger partial charge in [-0.1, -0.05) is 50.6 Å². The molecular weight excluding hydrogens is 826 g/mol. The van der Waals surface area contributed by atoms with Crippen molar-refractivity contribution >= 4 is 72.3 Å². The number of pyridine rings is 1. The SMILES string of the molecule is C=C[C@@H]1C[C@]1([NH+]=C(O)[C@@H]1C[C@@H](Oc2ncc(OC)c3ccc(Cl)cc23)CN1C(=O)[C@@H](Nc1nc(-c2ccc(N(CC)CC)cc2)cs1)C(C)(C)C)C(=O)NS(=O)(=O)C1CC1. The molecule has 60 heavy (non-hydrogen) atoms. The molecule has 0 bridgehead atoms. The summed E-state index contributed by atoms with van der Waals surface area (Å²) in [6.45, 7) is 15.8. The van der Waals surface area contributed by atoms with Gasteiger partial charge in [0.1, 0.15) is 17.9 Å². The molecule has 2 saturated carbocycles. The molecule has 1 aliphatic heterocycles.